The van der Waals surface area contributed by atoms with Gasteiger partial charge in [0.2, 0.25) is 0 Å². The van der Waals surface area contributed by atoms with Gasteiger partial charge in [0, 0.05) is 30.5 Å². The molecule has 0 saturated heterocycles. The highest BCUT2D eigenvalue weighted by molar-refractivity contribution is 5.95. The molecule has 0 radical (unpaired) electrons. The molecule has 0 heterocycles. The zero-order valence-corrected chi connectivity index (χ0v) is 11.1. The second-order valence-electron chi connectivity index (χ2n) is 4.31. The van der Waals surface area contributed by atoms with Crippen LogP contribution in [0, 0.1) is 12.7 Å². The van der Waals surface area contributed by atoms with Crippen molar-refractivity contribution in [1.29, 1.82) is 0 Å². The number of carbonyl (C=O) groups excluding carboxylic acids is 1. The van der Waals surface area contributed by atoms with Gasteiger partial charge in [-0.2, -0.15) is 0 Å². The summed E-state index contributed by atoms with van der Waals surface area (Å²) in [6.45, 7) is 1.75. The maximum atomic E-state index is 13.5. The first kappa shape index (κ1) is 15.4. The Hall–Kier alpha value is -1.66. The Morgan fingerprint density at radius 3 is 2.79 bits per heavy atom. The van der Waals surface area contributed by atoms with E-state index in [4.69, 9.17) is 15.6 Å². The maximum absolute atomic E-state index is 13.5. The van der Waals surface area contributed by atoms with Crippen molar-refractivity contribution in [3.63, 3.8) is 0 Å². The van der Waals surface area contributed by atoms with Crippen molar-refractivity contribution in [2.24, 2.45) is 0 Å². The van der Waals surface area contributed by atoms with Crippen LogP contribution in [-0.4, -0.2) is 37.4 Å². The van der Waals surface area contributed by atoms with Crippen LogP contribution in [0.4, 0.5) is 10.1 Å². The van der Waals surface area contributed by atoms with Crippen LogP contribution < -0.4 is 11.1 Å². The summed E-state index contributed by atoms with van der Waals surface area (Å²) in [4.78, 5) is 11.9. The molecule has 5 nitrogen and oxygen atoms in total. The van der Waals surface area contributed by atoms with E-state index in [1.807, 2.05) is 0 Å². The highest BCUT2D eigenvalue weighted by Crippen LogP contribution is 2.17. The van der Waals surface area contributed by atoms with Gasteiger partial charge in [0.15, 0.2) is 0 Å². The summed E-state index contributed by atoms with van der Waals surface area (Å²) >= 11 is 0. The number of carbonyl (C=O) groups is 1. The quantitative estimate of drug-likeness (QED) is 0.669. The summed E-state index contributed by atoms with van der Waals surface area (Å²) < 4.78 is 18.4. The Labute approximate surface area is 111 Å². The van der Waals surface area contributed by atoms with Gasteiger partial charge in [-0.15, -0.1) is 0 Å². The number of nitrogen functional groups attached to an aromatic ring is 1. The topological polar surface area (TPSA) is 84.6 Å². The van der Waals surface area contributed by atoms with Gasteiger partial charge in [0.25, 0.3) is 5.91 Å². The van der Waals surface area contributed by atoms with Gasteiger partial charge in [0.05, 0.1) is 12.6 Å². The lowest BCUT2D eigenvalue weighted by atomic mass is 10.1. The summed E-state index contributed by atoms with van der Waals surface area (Å²) in [7, 11) is 1.50. The standard InChI is InChI=1S/C13H19FN2O3/c1-8-11(14)5-9(6-12(8)15)13(18)16-10(3-4-17)7-19-2/h5-6,10,17H,3-4,7,15H2,1-2H3,(H,16,18). The summed E-state index contributed by atoms with van der Waals surface area (Å²) in [5, 5.41) is 11.5. The highest BCUT2D eigenvalue weighted by atomic mass is 19.1. The Balaban J connectivity index is 2.82. The second kappa shape index (κ2) is 7.06. The molecule has 0 aliphatic heterocycles. The number of nitrogens with two attached hydrogens (primary N) is 1. The number of amides is 1. The maximum Gasteiger partial charge on any atom is 0.251 e. The third-order valence-electron chi connectivity index (χ3n) is 2.83. The van der Waals surface area contributed by atoms with E-state index in [1.54, 1.807) is 6.92 Å². The van der Waals surface area contributed by atoms with Gasteiger partial charge < -0.3 is 20.9 Å². The average molecular weight is 270 g/mol. The molecule has 0 saturated carbocycles. The van der Waals surface area contributed by atoms with Crippen LogP contribution in [0.3, 0.4) is 0 Å². The number of hydrogen-bond donors (Lipinski definition) is 3. The third-order valence-corrected chi connectivity index (χ3v) is 2.83. The van der Waals surface area contributed by atoms with Gasteiger partial charge in [-0.1, -0.05) is 0 Å². The fraction of sp³-hybridized carbons (Fsp3) is 0.462. The van der Waals surface area contributed by atoms with E-state index in [9.17, 15) is 9.18 Å². The number of rotatable bonds is 6. The first-order valence-electron chi connectivity index (χ1n) is 5.95. The first-order valence-corrected chi connectivity index (χ1v) is 5.95. The molecule has 1 amide bonds. The van der Waals surface area contributed by atoms with E-state index >= 15 is 0 Å². The molecule has 1 unspecified atom stereocenters. The minimum atomic E-state index is -0.518. The minimum absolute atomic E-state index is 0.0707. The van der Waals surface area contributed by atoms with Crippen molar-refractivity contribution in [3.8, 4) is 0 Å². The van der Waals surface area contributed by atoms with Crippen molar-refractivity contribution in [1.82, 2.24) is 5.32 Å². The van der Waals surface area contributed by atoms with E-state index in [-0.39, 0.29) is 30.5 Å². The molecule has 6 heteroatoms. The lowest BCUT2D eigenvalue weighted by Crippen LogP contribution is -2.38. The highest BCUT2D eigenvalue weighted by Gasteiger charge is 2.15. The van der Waals surface area contributed by atoms with Gasteiger partial charge in [-0.3, -0.25) is 4.79 Å². The fourth-order valence-corrected chi connectivity index (χ4v) is 1.65. The smallest absolute Gasteiger partial charge is 0.251 e. The summed E-state index contributed by atoms with van der Waals surface area (Å²) in [6, 6.07) is 2.24. The average Bonchev–Trinajstić information content (AvgIpc) is 2.35. The van der Waals surface area contributed by atoms with E-state index in [2.05, 4.69) is 5.32 Å². The molecule has 1 rings (SSSR count). The van der Waals surface area contributed by atoms with E-state index < -0.39 is 11.7 Å². The molecule has 106 valence electrons. The van der Waals surface area contributed by atoms with Crippen LogP contribution in [0.1, 0.15) is 22.3 Å². The predicted molar refractivity (Wildman–Crippen MR) is 70.4 cm³/mol. The van der Waals surface area contributed by atoms with Gasteiger partial charge in [0.1, 0.15) is 5.82 Å². The minimum Gasteiger partial charge on any atom is -0.398 e. The Bertz CT molecular complexity index is 423. The molecule has 1 aromatic carbocycles. The summed E-state index contributed by atoms with van der Waals surface area (Å²) in [5.41, 5.74) is 6.33. The molecule has 1 aromatic rings. The van der Waals surface area contributed by atoms with Crippen LogP contribution >= 0.6 is 0 Å². The predicted octanol–water partition coefficient (Wildman–Crippen LogP) is 0.844. The third kappa shape index (κ3) is 4.18. The number of hydrogen-bond acceptors (Lipinski definition) is 4. The molecule has 0 aromatic heterocycles. The molecule has 0 fully saturated rings. The molecule has 1 atom stereocenters. The van der Waals surface area contributed by atoms with Crippen molar-refractivity contribution in [2.45, 2.75) is 19.4 Å². The SMILES string of the molecule is COCC(CCO)NC(=O)c1cc(N)c(C)c(F)c1. The zero-order valence-electron chi connectivity index (χ0n) is 11.1. The summed E-state index contributed by atoms with van der Waals surface area (Å²) in [6.07, 6.45) is 0.364. The second-order valence-corrected chi connectivity index (χ2v) is 4.31. The zero-order chi connectivity index (χ0) is 14.4. The Morgan fingerprint density at radius 2 is 2.26 bits per heavy atom. The van der Waals surface area contributed by atoms with Gasteiger partial charge in [-0.05, 0) is 25.5 Å². The van der Waals surface area contributed by atoms with Crippen LogP contribution in [-0.2, 0) is 4.74 Å². The normalized spacial score (nSPS) is 12.2. The number of nitrogens with one attached hydrogen (secondary N) is 1. The summed E-state index contributed by atoms with van der Waals surface area (Å²) in [5.74, 6) is -0.961. The lowest BCUT2D eigenvalue weighted by molar-refractivity contribution is 0.0878. The van der Waals surface area contributed by atoms with Crippen molar-refractivity contribution >= 4 is 11.6 Å². The molecule has 0 bridgehead atoms. The number of methoxy groups -OCH3 is 1. The molecule has 4 N–H and O–H groups in total. The lowest BCUT2D eigenvalue weighted by Gasteiger charge is -2.17. The largest absolute Gasteiger partial charge is 0.398 e. The van der Waals surface area contributed by atoms with E-state index in [0.29, 0.717) is 12.0 Å². The van der Waals surface area contributed by atoms with Crippen molar-refractivity contribution < 1.29 is 19.0 Å². The number of aliphatic hydroxyl groups excluding tert-OH is 1. The van der Waals surface area contributed by atoms with Gasteiger partial charge in [-0.25, -0.2) is 4.39 Å². The van der Waals surface area contributed by atoms with Crippen LogP contribution in [0.15, 0.2) is 12.1 Å². The van der Waals surface area contributed by atoms with Gasteiger partial charge >= 0.3 is 0 Å². The number of benzene rings is 1. The fourth-order valence-electron chi connectivity index (χ4n) is 1.65. The van der Waals surface area contributed by atoms with Crippen molar-refractivity contribution in [3.05, 3.63) is 29.1 Å². The van der Waals surface area contributed by atoms with E-state index in [1.165, 1.54) is 13.2 Å². The molecular weight excluding hydrogens is 251 g/mol. The number of anilines is 1. The van der Waals surface area contributed by atoms with Crippen LogP contribution in [0.2, 0.25) is 0 Å². The molecule has 0 spiro atoms. The monoisotopic (exact) mass is 270 g/mol. The molecule has 19 heavy (non-hydrogen) atoms. The Kier molecular flexibility index (Phi) is 5.72. The Morgan fingerprint density at radius 1 is 1.58 bits per heavy atom. The first-order chi connectivity index (χ1) is 8.99. The molecule has 0 aliphatic carbocycles. The van der Waals surface area contributed by atoms with Crippen LogP contribution in [0.25, 0.3) is 0 Å². The number of aliphatic hydroxyl groups is 1. The van der Waals surface area contributed by atoms with Crippen LogP contribution in [0.5, 0.6) is 0 Å². The molecule has 0 aliphatic rings. The molecular formula is C13H19FN2O3. The number of ether oxygens (including phenoxy) is 1. The number of halogens is 1. The van der Waals surface area contributed by atoms with Crippen molar-refractivity contribution in [2.75, 3.05) is 26.1 Å². The van der Waals surface area contributed by atoms with E-state index in [0.717, 1.165) is 6.07 Å².